The maximum Gasteiger partial charge on any atom is 0.338 e. The normalized spacial score (nSPS) is 18.7. The summed E-state index contributed by atoms with van der Waals surface area (Å²) in [5.41, 5.74) is 1.56. The Kier molecular flexibility index (Phi) is 4.77. The van der Waals surface area contributed by atoms with Crippen molar-refractivity contribution in [1.29, 1.82) is 0 Å². The van der Waals surface area contributed by atoms with Crippen LogP contribution in [0.4, 0.5) is 0 Å². The quantitative estimate of drug-likeness (QED) is 0.796. The fourth-order valence-electron chi connectivity index (χ4n) is 2.45. The third kappa shape index (κ3) is 3.59. The van der Waals surface area contributed by atoms with Crippen LogP contribution in [-0.4, -0.2) is 36.0 Å². The zero-order valence-electron chi connectivity index (χ0n) is 12.1. The number of nitrogens with zero attached hydrogens (tertiary/aromatic N) is 1. The van der Waals surface area contributed by atoms with Crippen LogP contribution in [0.15, 0.2) is 24.3 Å². The van der Waals surface area contributed by atoms with Crippen molar-refractivity contribution in [1.82, 2.24) is 4.90 Å². The molecule has 1 amide bonds. The van der Waals surface area contributed by atoms with Crippen molar-refractivity contribution < 1.29 is 14.3 Å². The van der Waals surface area contributed by atoms with Crippen LogP contribution in [0, 0.1) is 6.92 Å². The van der Waals surface area contributed by atoms with Gasteiger partial charge in [-0.05, 0) is 45.2 Å². The van der Waals surface area contributed by atoms with E-state index in [1.54, 1.807) is 12.1 Å². The largest absolute Gasteiger partial charge is 0.452 e. The summed E-state index contributed by atoms with van der Waals surface area (Å²) >= 11 is 0. The van der Waals surface area contributed by atoms with E-state index in [0.717, 1.165) is 31.4 Å². The predicted octanol–water partition coefficient (Wildman–Crippen LogP) is 2.55. The SMILES string of the molecule is Cc1ccc(C(=O)OCC(=O)N2CCCC[C@@H]2C)cc1. The van der Waals surface area contributed by atoms with E-state index in [0.29, 0.717) is 5.56 Å². The first kappa shape index (κ1) is 14.6. The Balaban J connectivity index is 1.86. The summed E-state index contributed by atoms with van der Waals surface area (Å²) in [7, 11) is 0. The maximum absolute atomic E-state index is 12.0. The molecular weight excluding hydrogens is 254 g/mol. The molecule has 2 rings (SSSR count). The summed E-state index contributed by atoms with van der Waals surface area (Å²) in [4.78, 5) is 25.7. The number of hydrogen-bond acceptors (Lipinski definition) is 3. The molecule has 1 atom stereocenters. The van der Waals surface area contributed by atoms with E-state index in [4.69, 9.17) is 4.74 Å². The van der Waals surface area contributed by atoms with Crippen LogP contribution < -0.4 is 0 Å². The van der Waals surface area contributed by atoms with Crippen LogP contribution >= 0.6 is 0 Å². The van der Waals surface area contributed by atoms with Gasteiger partial charge in [0.05, 0.1) is 5.56 Å². The molecule has 0 unspecified atom stereocenters. The molecule has 0 bridgehead atoms. The Labute approximate surface area is 119 Å². The van der Waals surface area contributed by atoms with E-state index in [9.17, 15) is 9.59 Å². The number of hydrogen-bond donors (Lipinski definition) is 0. The molecule has 1 heterocycles. The molecule has 1 aliphatic rings. The minimum Gasteiger partial charge on any atom is -0.452 e. The molecule has 1 fully saturated rings. The molecule has 0 aliphatic carbocycles. The van der Waals surface area contributed by atoms with E-state index in [1.807, 2.05) is 30.9 Å². The monoisotopic (exact) mass is 275 g/mol. The fourth-order valence-corrected chi connectivity index (χ4v) is 2.45. The molecule has 20 heavy (non-hydrogen) atoms. The number of esters is 1. The molecule has 4 nitrogen and oxygen atoms in total. The van der Waals surface area contributed by atoms with Crippen LogP contribution in [0.2, 0.25) is 0 Å². The van der Waals surface area contributed by atoms with E-state index >= 15 is 0 Å². The highest BCUT2D eigenvalue weighted by Crippen LogP contribution is 2.16. The van der Waals surface area contributed by atoms with Crippen LogP contribution in [0.1, 0.15) is 42.1 Å². The van der Waals surface area contributed by atoms with Crippen molar-refractivity contribution in [2.75, 3.05) is 13.2 Å². The minimum atomic E-state index is -0.442. The van der Waals surface area contributed by atoms with Crippen LogP contribution in [0.3, 0.4) is 0 Å². The predicted molar refractivity (Wildman–Crippen MR) is 76.5 cm³/mol. The van der Waals surface area contributed by atoms with E-state index in [1.165, 1.54) is 0 Å². The lowest BCUT2D eigenvalue weighted by Gasteiger charge is -2.33. The van der Waals surface area contributed by atoms with Gasteiger partial charge in [-0.15, -0.1) is 0 Å². The van der Waals surface area contributed by atoms with Gasteiger partial charge in [-0.1, -0.05) is 17.7 Å². The Morgan fingerprint density at radius 3 is 2.60 bits per heavy atom. The molecule has 108 valence electrons. The summed E-state index contributed by atoms with van der Waals surface area (Å²) in [6.07, 6.45) is 3.22. The molecule has 1 saturated heterocycles. The Morgan fingerprint density at radius 2 is 1.95 bits per heavy atom. The molecule has 0 saturated carbocycles. The van der Waals surface area contributed by atoms with E-state index in [-0.39, 0.29) is 18.6 Å². The average molecular weight is 275 g/mol. The van der Waals surface area contributed by atoms with Gasteiger partial charge in [-0.2, -0.15) is 0 Å². The highest BCUT2D eigenvalue weighted by Gasteiger charge is 2.24. The Hall–Kier alpha value is -1.84. The molecule has 0 aromatic heterocycles. The Morgan fingerprint density at radius 1 is 1.25 bits per heavy atom. The third-order valence-corrected chi connectivity index (χ3v) is 3.74. The topological polar surface area (TPSA) is 46.6 Å². The second-order valence-corrected chi connectivity index (χ2v) is 5.37. The standard InChI is InChI=1S/C16H21NO3/c1-12-6-8-14(9-7-12)16(19)20-11-15(18)17-10-4-3-5-13(17)2/h6-9,13H,3-5,10-11H2,1-2H3/t13-/m0/s1. The second kappa shape index (κ2) is 6.55. The molecule has 1 aromatic carbocycles. The van der Waals surface area contributed by atoms with Gasteiger partial charge in [-0.25, -0.2) is 4.79 Å². The first-order valence-electron chi connectivity index (χ1n) is 7.11. The van der Waals surface area contributed by atoms with E-state index < -0.39 is 5.97 Å². The van der Waals surface area contributed by atoms with Gasteiger partial charge in [-0.3, -0.25) is 4.79 Å². The van der Waals surface area contributed by atoms with Gasteiger partial charge in [0.15, 0.2) is 6.61 Å². The summed E-state index contributed by atoms with van der Waals surface area (Å²) < 4.78 is 5.10. The highest BCUT2D eigenvalue weighted by atomic mass is 16.5. The van der Waals surface area contributed by atoms with Gasteiger partial charge in [0.1, 0.15) is 0 Å². The molecule has 0 N–H and O–H groups in total. The molecular formula is C16H21NO3. The first-order valence-corrected chi connectivity index (χ1v) is 7.11. The highest BCUT2D eigenvalue weighted by molar-refractivity contribution is 5.91. The number of piperidine rings is 1. The summed E-state index contributed by atoms with van der Waals surface area (Å²) in [5.74, 6) is -0.541. The van der Waals surface area contributed by atoms with Crippen LogP contribution in [0.25, 0.3) is 0 Å². The van der Waals surface area contributed by atoms with Crippen molar-refractivity contribution in [3.8, 4) is 0 Å². The average Bonchev–Trinajstić information content (AvgIpc) is 2.45. The van der Waals surface area contributed by atoms with Crippen LogP contribution in [-0.2, 0) is 9.53 Å². The molecule has 1 aliphatic heterocycles. The van der Waals surface area contributed by atoms with Gasteiger partial charge < -0.3 is 9.64 Å². The van der Waals surface area contributed by atoms with Gasteiger partial charge in [0.25, 0.3) is 5.91 Å². The van der Waals surface area contributed by atoms with Gasteiger partial charge in [0, 0.05) is 12.6 Å². The van der Waals surface area contributed by atoms with Crippen LogP contribution in [0.5, 0.6) is 0 Å². The van der Waals surface area contributed by atoms with Crippen molar-refractivity contribution in [3.63, 3.8) is 0 Å². The molecule has 4 heteroatoms. The lowest BCUT2D eigenvalue weighted by atomic mass is 10.0. The number of ether oxygens (including phenoxy) is 1. The fraction of sp³-hybridized carbons (Fsp3) is 0.500. The number of rotatable bonds is 3. The van der Waals surface area contributed by atoms with Crippen molar-refractivity contribution in [2.24, 2.45) is 0 Å². The maximum atomic E-state index is 12.0. The van der Waals surface area contributed by atoms with Crippen molar-refractivity contribution in [3.05, 3.63) is 35.4 Å². The van der Waals surface area contributed by atoms with E-state index in [2.05, 4.69) is 0 Å². The minimum absolute atomic E-state index is 0.0994. The molecule has 0 radical (unpaired) electrons. The number of benzene rings is 1. The number of amides is 1. The third-order valence-electron chi connectivity index (χ3n) is 3.74. The van der Waals surface area contributed by atoms with Gasteiger partial charge >= 0.3 is 5.97 Å². The lowest BCUT2D eigenvalue weighted by Crippen LogP contribution is -2.44. The smallest absolute Gasteiger partial charge is 0.338 e. The molecule has 1 aromatic rings. The Bertz CT molecular complexity index is 481. The zero-order chi connectivity index (χ0) is 14.5. The summed E-state index contributed by atoms with van der Waals surface area (Å²) in [6.45, 7) is 4.59. The van der Waals surface area contributed by atoms with Gasteiger partial charge in [0.2, 0.25) is 0 Å². The summed E-state index contributed by atoms with van der Waals surface area (Å²) in [5, 5.41) is 0. The number of carbonyl (C=O) groups is 2. The second-order valence-electron chi connectivity index (χ2n) is 5.37. The number of likely N-dealkylation sites (tertiary alicyclic amines) is 1. The summed E-state index contributed by atoms with van der Waals surface area (Å²) in [6, 6.07) is 7.38. The van der Waals surface area contributed by atoms with Crippen molar-refractivity contribution in [2.45, 2.75) is 39.2 Å². The number of carbonyl (C=O) groups excluding carboxylic acids is 2. The first-order chi connectivity index (χ1) is 9.58. The lowest BCUT2D eigenvalue weighted by molar-refractivity contribution is -0.137. The zero-order valence-corrected chi connectivity index (χ0v) is 12.1. The van der Waals surface area contributed by atoms with Crippen molar-refractivity contribution >= 4 is 11.9 Å². The molecule has 0 spiro atoms. The number of aryl methyl sites for hydroxylation is 1.